The van der Waals surface area contributed by atoms with Gasteiger partial charge in [0.2, 0.25) is 0 Å². The van der Waals surface area contributed by atoms with E-state index in [1.54, 1.807) is 18.2 Å². The molecule has 0 fully saturated rings. The van der Waals surface area contributed by atoms with E-state index < -0.39 is 11.6 Å². The van der Waals surface area contributed by atoms with Gasteiger partial charge < -0.3 is 10.1 Å². The Kier molecular flexibility index (Phi) is 4.83. The zero-order valence-electron chi connectivity index (χ0n) is 10.5. The van der Waals surface area contributed by atoms with Crippen molar-refractivity contribution in [1.29, 1.82) is 0 Å². The topological polar surface area (TPSA) is 21.3 Å². The normalized spacial score (nSPS) is 10.4. The largest absolute Gasteiger partial charge is 0.495 e. The van der Waals surface area contributed by atoms with Crippen LogP contribution in [0.3, 0.4) is 0 Å². The average Bonchev–Trinajstić information content (AvgIpc) is 2.43. The van der Waals surface area contributed by atoms with Gasteiger partial charge in [-0.25, -0.2) is 8.78 Å². The fraction of sp³-hybridized carbons (Fsp3) is 0.143. The molecule has 0 atom stereocenters. The molecule has 2 aromatic rings. The number of hydrogen-bond acceptors (Lipinski definition) is 2. The molecule has 0 bridgehead atoms. The molecule has 0 radical (unpaired) electrons. The number of benzene rings is 2. The van der Waals surface area contributed by atoms with E-state index >= 15 is 0 Å². The Morgan fingerprint density at radius 3 is 2.65 bits per heavy atom. The van der Waals surface area contributed by atoms with Crippen LogP contribution in [-0.4, -0.2) is 7.11 Å². The van der Waals surface area contributed by atoms with Crippen molar-refractivity contribution in [1.82, 2.24) is 0 Å². The Balaban J connectivity index is 2.17. The van der Waals surface area contributed by atoms with Gasteiger partial charge in [-0.15, -0.1) is 0 Å². The Morgan fingerprint density at radius 2 is 2.00 bits per heavy atom. The van der Waals surface area contributed by atoms with Crippen LogP contribution in [-0.2, 0) is 6.54 Å². The number of hydrogen-bond donors (Lipinski definition) is 1. The summed E-state index contributed by atoms with van der Waals surface area (Å²) in [6.45, 7) is 0.0137. The van der Waals surface area contributed by atoms with Gasteiger partial charge in [0.15, 0.2) is 0 Å². The third kappa shape index (κ3) is 3.22. The van der Waals surface area contributed by atoms with Crippen molar-refractivity contribution in [3.63, 3.8) is 0 Å². The van der Waals surface area contributed by atoms with Crippen molar-refractivity contribution in [2.45, 2.75) is 6.54 Å². The van der Waals surface area contributed by atoms with Crippen LogP contribution in [0.5, 0.6) is 5.75 Å². The molecule has 0 saturated heterocycles. The minimum atomic E-state index is -0.614. The lowest BCUT2D eigenvalue weighted by molar-refractivity contribution is 0.415. The summed E-state index contributed by atoms with van der Waals surface area (Å²) < 4.78 is 32.6. The molecule has 2 rings (SSSR count). The fourth-order valence-electron chi connectivity index (χ4n) is 1.70. The van der Waals surface area contributed by atoms with E-state index in [0.29, 0.717) is 16.5 Å². The van der Waals surface area contributed by atoms with E-state index in [0.717, 1.165) is 0 Å². The highest BCUT2D eigenvalue weighted by Gasteiger charge is 2.12. The van der Waals surface area contributed by atoms with Gasteiger partial charge in [-0.3, -0.25) is 0 Å². The first-order valence-corrected chi connectivity index (χ1v) is 6.90. The van der Waals surface area contributed by atoms with Crippen LogP contribution in [0.1, 0.15) is 5.56 Å². The number of halogens is 4. The molecule has 1 N–H and O–H groups in total. The van der Waals surface area contributed by atoms with Crippen molar-refractivity contribution >= 4 is 33.2 Å². The first-order chi connectivity index (χ1) is 9.52. The summed E-state index contributed by atoms with van der Waals surface area (Å²) >= 11 is 9.01. The molecule has 0 heterocycles. The average molecular weight is 363 g/mol. The van der Waals surface area contributed by atoms with Gasteiger partial charge in [0.05, 0.1) is 16.6 Å². The van der Waals surface area contributed by atoms with Gasteiger partial charge >= 0.3 is 0 Å². The van der Waals surface area contributed by atoms with Crippen LogP contribution < -0.4 is 10.1 Å². The molecule has 2 nitrogen and oxygen atoms in total. The Bertz CT molecular complexity index is 637. The number of anilines is 1. The maximum absolute atomic E-state index is 13.8. The van der Waals surface area contributed by atoms with Crippen LogP contribution in [0.25, 0.3) is 0 Å². The standard InChI is InChI=1S/C14H11BrClF2NO/c1-20-13-5-2-8(6-11(13)16)19-7-9-12(17)4-3-10(15)14(9)18/h2-6,19H,7H2,1H3. The van der Waals surface area contributed by atoms with Crippen molar-refractivity contribution in [2.24, 2.45) is 0 Å². The van der Waals surface area contributed by atoms with Gasteiger partial charge in [0.25, 0.3) is 0 Å². The molecule has 0 amide bonds. The van der Waals surface area contributed by atoms with Crippen LogP contribution >= 0.6 is 27.5 Å². The second-order valence-electron chi connectivity index (χ2n) is 4.02. The quantitative estimate of drug-likeness (QED) is 0.773. The van der Waals surface area contributed by atoms with E-state index in [1.807, 2.05) is 0 Å². The highest BCUT2D eigenvalue weighted by atomic mass is 79.9. The van der Waals surface area contributed by atoms with Gasteiger partial charge in [-0.1, -0.05) is 11.6 Å². The minimum Gasteiger partial charge on any atom is -0.495 e. The molecule has 0 aromatic heterocycles. The molecule has 0 spiro atoms. The molecule has 20 heavy (non-hydrogen) atoms. The second-order valence-corrected chi connectivity index (χ2v) is 5.29. The van der Waals surface area contributed by atoms with Crippen LogP contribution in [0.4, 0.5) is 14.5 Å². The maximum atomic E-state index is 13.8. The van der Waals surface area contributed by atoms with Gasteiger partial charge in [0.1, 0.15) is 17.4 Å². The summed E-state index contributed by atoms with van der Waals surface area (Å²) in [5.74, 6) is -0.674. The summed E-state index contributed by atoms with van der Waals surface area (Å²) in [4.78, 5) is 0. The second kappa shape index (κ2) is 6.41. The molecule has 6 heteroatoms. The Labute approximate surface area is 128 Å². The van der Waals surface area contributed by atoms with Gasteiger partial charge in [-0.05, 0) is 46.3 Å². The molecule has 0 saturated carbocycles. The fourth-order valence-corrected chi connectivity index (χ4v) is 2.33. The summed E-state index contributed by atoms with van der Waals surface area (Å²) in [6.07, 6.45) is 0. The lowest BCUT2D eigenvalue weighted by Gasteiger charge is -2.11. The van der Waals surface area contributed by atoms with E-state index in [-0.39, 0.29) is 16.6 Å². The predicted molar refractivity (Wildman–Crippen MR) is 79.4 cm³/mol. The van der Waals surface area contributed by atoms with Crippen molar-refractivity contribution in [2.75, 3.05) is 12.4 Å². The zero-order valence-corrected chi connectivity index (χ0v) is 12.9. The van der Waals surface area contributed by atoms with Crippen LogP contribution in [0.2, 0.25) is 5.02 Å². The summed E-state index contributed by atoms with van der Waals surface area (Å²) in [5.41, 5.74) is 0.612. The van der Waals surface area contributed by atoms with E-state index in [2.05, 4.69) is 21.2 Å². The summed E-state index contributed by atoms with van der Waals surface area (Å²) in [6, 6.07) is 7.58. The number of ether oxygens (including phenoxy) is 1. The van der Waals surface area contributed by atoms with E-state index in [1.165, 1.54) is 19.2 Å². The highest BCUT2D eigenvalue weighted by molar-refractivity contribution is 9.10. The number of rotatable bonds is 4. The van der Waals surface area contributed by atoms with Gasteiger partial charge in [-0.2, -0.15) is 0 Å². The summed E-state index contributed by atoms with van der Waals surface area (Å²) in [5, 5.41) is 3.34. The van der Waals surface area contributed by atoms with E-state index in [9.17, 15) is 8.78 Å². The maximum Gasteiger partial charge on any atom is 0.145 e. The lowest BCUT2D eigenvalue weighted by Crippen LogP contribution is -2.05. The molecule has 0 aliphatic rings. The van der Waals surface area contributed by atoms with Gasteiger partial charge in [0, 0.05) is 17.8 Å². The smallest absolute Gasteiger partial charge is 0.145 e. The lowest BCUT2D eigenvalue weighted by atomic mass is 10.2. The molecule has 0 aliphatic heterocycles. The number of methoxy groups -OCH3 is 1. The predicted octanol–water partition coefficient (Wildman–Crippen LogP) is 5.00. The highest BCUT2D eigenvalue weighted by Crippen LogP contribution is 2.28. The van der Waals surface area contributed by atoms with Crippen molar-refractivity contribution in [3.8, 4) is 5.75 Å². The Morgan fingerprint density at radius 1 is 1.25 bits per heavy atom. The third-order valence-electron chi connectivity index (χ3n) is 2.76. The molecule has 0 aliphatic carbocycles. The summed E-state index contributed by atoms with van der Waals surface area (Å²) in [7, 11) is 1.51. The molecule has 2 aromatic carbocycles. The monoisotopic (exact) mass is 361 g/mol. The Hall–Kier alpha value is -1.33. The third-order valence-corrected chi connectivity index (χ3v) is 3.67. The minimum absolute atomic E-state index is 0.0137. The van der Waals surface area contributed by atoms with Crippen molar-refractivity contribution in [3.05, 3.63) is 57.0 Å². The van der Waals surface area contributed by atoms with Crippen LogP contribution in [0.15, 0.2) is 34.8 Å². The molecular weight excluding hydrogens is 352 g/mol. The first-order valence-electron chi connectivity index (χ1n) is 5.72. The van der Waals surface area contributed by atoms with Crippen molar-refractivity contribution < 1.29 is 13.5 Å². The zero-order chi connectivity index (χ0) is 14.7. The van der Waals surface area contributed by atoms with E-state index in [4.69, 9.17) is 16.3 Å². The van der Waals surface area contributed by atoms with Crippen LogP contribution in [0, 0.1) is 11.6 Å². The first kappa shape index (κ1) is 15.1. The molecule has 0 unspecified atom stereocenters. The SMILES string of the molecule is COc1ccc(NCc2c(F)ccc(Br)c2F)cc1Cl. The molecular formula is C14H11BrClF2NO. The number of nitrogens with one attached hydrogen (secondary N) is 1. The molecule has 106 valence electrons.